The lowest BCUT2D eigenvalue weighted by Gasteiger charge is -2.17. The third-order valence-electron chi connectivity index (χ3n) is 3.40. The molecule has 130 valence electrons. The standard InChI is InChI=1S/C18H17ClN2O4/c1-11(25-13-6-4-12(10-20)5-7-13)18(22)21-15-9-16(23-2)14(19)8-17(15)24-3/h4-9,11H,1-3H3,(H,21,22). The van der Waals surface area contributed by atoms with Gasteiger partial charge < -0.3 is 19.5 Å². The lowest BCUT2D eigenvalue weighted by atomic mass is 10.2. The van der Waals surface area contributed by atoms with Crippen LogP contribution in [0.2, 0.25) is 5.02 Å². The van der Waals surface area contributed by atoms with Crippen molar-refractivity contribution in [1.29, 1.82) is 5.26 Å². The van der Waals surface area contributed by atoms with E-state index in [1.165, 1.54) is 14.2 Å². The number of carbonyl (C=O) groups is 1. The van der Waals surface area contributed by atoms with Crippen LogP contribution >= 0.6 is 11.6 Å². The van der Waals surface area contributed by atoms with E-state index < -0.39 is 6.10 Å². The average Bonchev–Trinajstić information content (AvgIpc) is 2.63. The van der Waals surface area contributed by atoms with E-state index in [-0.39, 0.29) is 5.91 Å². The molecule has 0 fully saturated rings. The number of nitrogens with zero attached hydrogens (tertiary/aromatic N) is 1. The number of hydrogen-bond donors (Lipinski definition) is 1. The third kappa shape index (κ3) is 4.55. The van der Waals surface area contributed by atoms with E-state index in [0.717, 1.165) is 0 Å². The summed E-state index contributed by atoms with van der Waals surface area (Å²) in [4.78, 5) is 12.4. The van der Waals surface area contributed by atoms with Gasteiger partial charge in [-0.15, -0.1) is 0 Å². The highest BCUT2D eigenvalue weighted by Gasteiger charge is 2.18. The van der Waals surface area contributed by atoms with Gasteiger partial charge in [0.2, 0.25) is 0 Å². The van der Waals surface area contributed by atoms with E-state index >= 15 is 0 Å². The highest BCUT2D eigenvalue weighted by atomic mass is 35.5. The highest BCUT2D eigenvalue weighted by molar-refractivity contribution is 6.32. The predicted molar refractivity (Wildman–Crippen MR) is 94.4 cm³/mol. The van der Waals surface area contributed by atoms with Gasteiger partial charge in [-0.2, -0.15) is 5.26 Å². The minimum atomic E-state index is -0.765. The van der Waals surface area contributed by atoms with Crippen molar-refractivity contribution in [2.75, 3.05) is 19.5 Å². The highest BCUT2D eigenvalue weighted by Crippen LogP contribution is 2.36. The molecule has 2 rings (SSSR count). The Balaban J connectivity index is 2.11. The first-order valence-corrected chi connectivity index (χ1v) is 7.75. The molecule has 0 saturated carbocycles. The van der Waals surface area contributed by atoms with Crippen LogP contribution < -0.4 is 19.5 Å². The molecule has 0 aliphatic heterocycles. The zero-order valence-electron chi connectivity index (χ0n) is 14.0. The molecule has 2 aromatic rings. The number of anilines is 1. The average molecular weight is 361 g/mol. The summed E-state index contributed by atoms with van der Waals surface area (Å²) in [6.45, 7) is 1.62. The second-order valence-electron chi connectivity index (χ2n) is 5.07. The molecule has 0 heterocycles. The van der Waals surface area contributed by atoms with Crippen molar-refractivity contribution in [3.8, 4) is 23.3 Å². The summed E-state index contributed by atoms with van der Waals surface area (Å²) in [6.07, 6.45) is -0.765. The summed E-state index contributed by atoms with van der Waals surface area (Å²) in [5.41, 5.74) is 0.937. The van der Waals surface area contributed by atoms with Gasteiger partial charge in [-0.05, 0) is 31.2 Å². The van der Waals surface area contributed by atoms with Crippen molar-refractivity contribution in [2.24, 2.45) is 0 Å². The lowest BCUT2D eigenvalue weighted by Crippen LogP contribution is -2.30. The Kier molecular flexibility index (Phi) is 6.09. The summed E-state index contributed by atoms with van der Waals surface area (Å²) in [7, 11) is 2.96. The van der Waals surface area contributed by atoms with Gasteiger partial charge in [-0.3, -0.25) is 4.79 Å². The molecule has 0 aliphatic rings. The van der Waals surface area contributed by atoms with Crippen LogP contribution in [0.4, 0.5) is 5.69 Å². The number of nitriles is 1. The van der Waals surface area contributed by atoms with Crippen molar-refractivity contribution in [1.82, 2.24) is 0 Å². The van der Waals surface area contributed by atoms with Gasteiger partial charge >= 0.3 is 0 Å². The summed E-state index contributed by atoms with van der Waals surface area (Å²) >= 11 is 6.05. The Hall–Kier alpha value is -2.91. The molecule has 25 heavy (non-hydrogen) atoms. The minimum absolute atomic E-state index is 0.368. The van der Waals surface area contributed by atoms with Gasteiger partial charge in [-0.25, -0.2) is 0 Å². The Bertz CT molecular complexity index is 800. The van der Waals surface area contributed by atoms with Crippen LogP contribution in [0.25, 0.3) is 0 Å². The van der Waals surface area contributed by atoms with Gasteiger partial charge in [0.1, 0.15) is 17.2 Å². The van der Waals surface area contributed by atoms with Crippen LogP contribution in [-0.4, -0.2) is 26.2 Å². The van der Waals surface area contributed by atoms with Crippen LogP contribution in [0, 0.1) is 11.3 Å². The summed E-state index contributed by atoms with van der Waals surface area (Å²) in [6, 6.07) is 11.7. The van der Waals surface area contributed by atoms with E-state index in [9.17, 15) is 4.79 Å². The number of rotatable bonds is 6. The number of nitrogens with one attached hydrogen (secondary N) is 1. The summed E-state index contributed by atoms with van der Waals surface area (Å²) in [5, 5.41) is 11.9. The number of hydrogen-bond acceptors (Lipinski definition) is 5. The molecular weight excluding hydrogens is 344 g/mol. The lowest BCUT2D eigenvalue weighted by molar-refractivity contribution is -0.122. The number of carbonyl (C=O) groups excluding carboxylic acids is 1. The fourth-order valence-electron chi connectivity index (χ4n) is 2.06. The Morgan fingerprint density at radius 2 is 1.80 bits per heavy atom. The molecule has 1 N–H and O–H groups in total. The van der Waals surface area contributed by atoms with Crippen LogP contribution in [0.5, 0.6) is 17.2 Å². The maximum Gasteiger partial charge on any atom is 0.265 e. The first-order valence-electron chi connectivity index (χ1n) is 7.37. The molecule has 0 saturated heterocycles. The maximum absolute atomic E-state index is 12.4. The van der Waals surface area contributed by atoms with Crippen LogP contribution in [0.1, 0.15) is 12.5 Å². The topological polar surface area (TPSA) is 80.6 Å². The third-order valence-corrected chi connectivity index (χ3v) is 3.69. The van der Waals surface area contributed by atoms with Crippen molar-refractivity contribution >= 4 is 23.2 Å². The first-order chi connectivity index (χ1) is 12.0. The zero-order valence-corrected chi connectivity index (χ0v) is 14.8. The van der Waals surface area contributed by atoms with Gasteiger partial charge in [0.05, 0.1) is 36.6 Å². The van der Waals surface area contributed by atoms with Crippen LogP contribution in [0.15, 0.2) is 36.4 Å². The molecule has 6 nitrogen and oxygen atoms in total. The van der Waals surface area contributed by atoms with E-state index in [0.29, 0.717) is 33.5 Å². The molecule has 1 amide bonds. The fourth-order valence-corrected chi connectivity index (χ4v) is 2.29. The summed E-state index contributed by atoms with van der Waals surface area (Å²) in [5.74, 6) is 0.942. The largest absolute Gasteiger partial charge is 0.495 e. The van der Waals surface area contributed by atoms with Gasteiger partial charge in [0.15, 0.2) is 6.10 Å². The van der Waals surface area contributed by atoms with E-state index in [1.807, 2.05) is 6.07 Å². The smallest absolute Gasteiger partial charge is 0.265 e. The van der Waals surface area contributed by atoms with Crippen molar-refractivity contribution in [3.05, 3.63) is 47.0 Å². The zero-order chi connectivity index (χ0) is 18.4. The molecule has 0 radical (unpaired) electrons. The second-order valence-corrected chi connectivity index (χ2v) is 5.48. The van der Waals surface area contributed by atoms with Crippen LogP contribution in [0.3, 0.4) is 0 Å². The monoisotopic (exact) mass is 360 g/mol. The maximum atomic E-state index is 12.4. The van der Waals surface area contributed by atoms with Gasteiger partial charge in [-0.1, -0.05) is 11.6 Å². The Labute approximate surface area is 150 Å². The molecule has 7 heteroatoms. The predicted octanol–water partition coefficient (Wildman–Crippen LogP) is 3.63. The fraction of sp³-hybridized carbons (Fsp3) is 0.222. The molecule has 0 bridgehead atoms. The van der Waals surface area contributed by atoms with E-state index in [4.69, 9.17) is 31.1 Å². The van der Waals surface area contributed by atoms with Crippen molar-refractivity contribution in [2.45, 2.75) is 13.0 Å². The SMILES string of the molecule is COc1cc(NC(=O)C(C)Oc2ccc(C#N)cc2)c(OC)cc1Cl. The molecule has 0 aromatic heterocycles. The molecule has 0 aliphatic carbocycles. The number of benzene rings is 2. The van der Waals surface area contributed by atoms with Gasteiger partial charge in [0, 0.05) is 12.1 Å². The number of halogens is 1. The molecule has 1 unspecified atom stereocenters. The molecular formula is C18H17ClN2O4. The molecule has 2 aromatic carbocycles. The summed E-state index contributed by atoms with van der Waals surface area (Å²) < 4.78 is 16.0. The number of amides is 1. The number of methoxy groups -OCH3 is 2. The molecule has 1 atom stereocenters. The first kappa shape index (κ1) is 18.4. The second kappa shape index (κ2) is 8.27. The van der Waals surface area contributed by atoms with E-state index in [2.05, 4.69) is 5.32 Å². The minimum Gasteiger partial charge on any atom is -0.495 e. The quantitative estimate of drug-likeness (QED) is 0.850. The Morgan fingerprint density at radius 1 is 1.16 bits per heavy atom. The number of ether oxygens (including phenoxy) is 3. The van der Waals surface area contributed by atoms with E-state index in [1.54, 1.807) is 43.3 Å². The Morgan fingerprint density at radius 3 is 2.36 bits per heavy atom. The van der Waals surface area contributed by atoms with Gasteiger partial charge in [0.25, 0.3) is 5.91 Å². The normalized spacial score (nSPS) is 11.2. The molecule has 0 spiro atoms. The van der Waals surface area contributed by atoms with Crippen molar-refractivity contribution in [3.63, 3.8) is 0 Å². The van der Waals surface area contributed by atoms with Crippen molar-refractivity contribution < 1.29 is 19.0 Å². The van der Waals surface area contributed by atoms with Crippen LogP contribution in [-0.2, 0) is 4.79 Å².